The van der Waals surface area contributed by atoms with Crippen LogP contribution in [-0.2, 0) is 0 Å². The minimum atomic E-state index is -0.396. The van der Waals surface area contributed by atoms with Crippen molar-refractivity contribution in [3.8, 4) is 28.4 Å². The number of likely N-dealkylation sites (tertiary alicyclic amines) is 1. The fraction of sp³-hybridized carbons (Fsp3) is 0.211. The molecule has 3 amide bonds. The maximum atomic E-state index is 14.5. The lowest BCUT2D eigenvalue weighted by Crippen LogP contribution is -2.38. The Hall–Kier alpha value is -5.32. The van der Waals surface area contributed by atoms with Crippen molar-refractivity contribution in [2.75, 3.05) is 32.5 Å². The number of anilines is 1. The Morgan fingerprint density at radius 3 is 2.50 bits per heavy atom. The number of nitrogens with one attached hydrogen (secondary N) is 2. The van der Waals surface area contributed by atoms with Gasteiger partial charge in [0.15, 0.2) is 0 Å². The number of urea groups is 1. The summed E-state index contributed by atoms with van der Waals surface area (Å²) in [5.74, 6) is -0.121. The second kappa shape index (κ2) is 13.9. The summed E-state index contributed by atoms with van der Waals surface area (Å²) in [5, 5.41) is 5.04. The minimum Gasteiger partial charge on any atom is -0.471 e. The number of halogens is 2. The van der Waals surface area contributed by atoms with Crippen molar-refractivity contribution in [2.45, 2.75) is 25.5 Å². The normalized spacial score (nSPS) is 14.9. The molecule has 6 aromatic rings. The molecular formula is C38H35Cl2N7O3. The highest BCUT2D eigenvalue weighted by molar-refractivity contribution is 6.31. The Labute approximate surface area is 299 Å². The highest BCUT2D eigenvalue weighted by Gasteiger charge is 2.31. The highest BCUT2D eigenvalue weighted by Crippen LogP contribution is 2.41. The van der Waals surface area contributed by atoms with Gasteiger partial charge in [0.25, 0.3) is 5.91 Å². The minimum absolute atomic E-state index is 0.0726. The van der Waals surface area contributed by atoms with E-state index in [1.807, 2.05) is 79.1 Å². The van der Waals surface area contributed by atoms with Crippen LogP contribution >= 0.6 is 23.2 Å². The summed E-state index contributed by atoms with van der Waals surface area (Å²) < 4.78 is 8.36. The number of imidazole rings is 1. The average molecular weight is 709 g/mol. The molecule has 3 aromatic heterocycles. The number of ether oxygens (including phenoxy) is 1. The molecule has 1 aliphatic rings. The molecule has 50 heavy (non-hydrogen) atoms. The van der Waals surface area contributed by atoms with E-state index in [1.54, 1.807) is 42.2 Å². The van der Waals surface area contributed by atoms with Crippen LogP contribution in [0.4, 0.5) is 10.5 Å². The predicted molar refractivity (Wildman–Crippen MR) is 197 cm³/mol. The highest BCUT2D eigenvalue weighted by atomic mass is 35.5. The van der Waals surface area contributed by atoms with E-state index in [1.165, 1.54) is 0 Å². The fourth-order valence-electron chi connectivity index (χ4n) is 6.40. The Balaban J connectivity index is 1.31. The molecule has 0 aliphatic carbocycles. The quantitative estimate of drug-likeness (QED) is 0.165. The lowest BCUT2D eigenvalue weighted by molar-refractivity contribution is 0.102. The second-order valence-electron chi connectivity index (χ2n) is 12.5. The molecule has 2 atom stereocenters. The van der Waals surface area contributed by atoms with Gasteiger partial charge in [-0.15, -0.1) is 0 Å². The first kappa shape index (κ1) is 33.2. The molecule has 254 valence electrons. The van der Waals surface area contributed by atoms with Gasteiger partial charge in [0.2, 0.25) is 5.88 Å². The smallest absolute Gasteiger partial charge is 0.319 e. The van der Waals surface area contributed by atoms with Gasteiger partial charge in [-0.3, -0.25) is 4.79 Å². The van der Waals surface area contributed by atoms with Gasteiger partial charge in [-0.2, -0.15) is 0 Å². The van der Waals surface area contributed by atoms with Gasteiger partial charge in [-0.25, -0.2) is 14.8 Å². The van der Waals surface area contributed by atoms with Gasteiger partial charge in [0.1, 0.15) is 17.5 Å². The van der Waals surface area contributed by atoms with E-state index in [0.29, 0.717) is 52.0 Å². The number of hydrogen-bond donors (Lipinski definition) is 2. The van der Waals surface area contributed by atoms with Crippen LogP contribution in [0.25, 0.3) is 33.4 Å². The Kier molecular flexibility index (Phi) is 9.22. The zero-order valence-corrected chi connectivity index (χ0v) is 29.2. The molecule has 4 heterocycles. The van der Waals surface area contributed by atoms with E-state index in [-0.39, 0.29) is 24.1 Å². The van der Waals surface area contributed by atoms with Crippen molar-refractivity contribution < 1.29 is 14.3 Å². The zero-order chi connectivity index (χ0) is 34.9. The van der Waals surface area contributed by atoms with Crippen LogP contribution in [0, 0.1) is 0 Å². The molecule has 1 saturated heterocycles. The summed E-state index contributed by atoms with van der Waals surface area (Å²) in [6, 6.07) is 26.4. The molecule has 0 saturated carbocycles. The van der Waals surface area contributed by atoms with Crippen LogP contribution in [0.5, 0.6) is 5.88 Å². The van der Waals surface area contributed by atoms with E-state index in [4.69, 9.17) is 32.9 Å². The molecule has 3 aromatic carbocycles. The number of nitrogens with zero attached hydrogens (tertiary/aromatic N) is 5. The van der Waals surface area contributed by atoms with Crippen LogP contribution in [0.15, 0.2) is 97.5 Å². The third-order valence-corrected chi connectivity index (χ3v) is 9.42. The van der Waals surface area contributed by atoms with Crippen molar-refractivity contribution >= 4 is 51.7 Å². The number of benzene rings is 3. The summed E-state index contributed by atoms with van der Waals surface area (Å²) in [6.07, 6.45) is 3.80. The number of fused-ring (bicyclic) bond motifs is 1. The van der Waals surface area contributed by atoms with Crippen LogP contribution in [0.3, 0.4) is 0 Å². The standard InChI is InChI=1S/C38H35Cl2N7O3/c1-23(24-11-13-26(39)14-12-24)47-22-42-33(25-8-5-4-6-9-25)35(47)32-29-16-15-27(40)20-31(29)43-34(32)36(48)44-30-10-7-18-41-37(30)50-28-17-19-46(21-28)38(49)45(2)3/h4-16,18,20,22-23,28,43H,17,19,21H2,1-3H3,(H,44,48)/t23-,28?/m0/s1. The van der Waals surface area contributed by atoms with Gasteiger partial charge < -0.3 is 29.4 Å². The molecule has 0 radical (unpaired) electrons. The number of rotatable bonds is 8. The fourth-order valence-corrected chi connectivity index (χ4v) is 6.70. The molecule has 0 bridgehead atoms. The Morgan fingerprint density at radius 1 is 0.980 bits per heavy atom. The van der Waals surface area contributed by atoms with Gasteiger partial charge in [-0.05, 0) is 48.9 Å². The average Bonchev–Trinajstić information content (AvgIpc) is 3.86. The van der Waals surface area contributed by atoms with Gasteiger partial charge in [-0.1, -0.05) is 71.7 Å². The SMILES string of the molecule is C[C@@H](c1ccc(Cl)cc1)n1cnc(-c2ccccc2)c1-c1c(C(=O)Nc2cccnc2OC2CCN(C(=O)N(C)C)C2)[nH]c2cc(Cl)ccc12. The summed E-state index contributed by atoms with van der Waals surface area (Å²) in [7, 11) is 3.45. The molecule has 10 nitrogen and oxygen atoms in total. The molecule has 0 spiro atoms. The maximum Gasteiger partial charge on any atom is 0.319 e. The number of H-pyrrole nitrogens is 1. The first-order valence-corrected chi connectivity index (χ1v) is 17.0. The number of pyridine rings is 1. The van der Waals surface area contributed by atoms with E-state index in [2.05, 4.69) is 26.8 Å². The number of carbonyl (C=O) groups is 2. The number of amides is 3. The first-order chi connectivity index (χ1) is 24.2. The van der Waals surface area contributed by atoms with Gasteiger partial charge in [0, 0.05) is 65.3 Å². The van der Waals surface area contributed by atoms with Gasteiger partial charge >= 0.3 is 6.03 Å². The van der Waals surface area contributed by atoms with Gasteiger partial charge in [0.05, 0.1) is 30.3 Å². The monoisotopic (exact) mass is 707 g/mol. The van der Waals surface area contributed by atoms with Crippen LogP contribution in [0.2, 0.25) is 10.0 Å². The van der Waals surface area contributed by atoms with Crippen LogP contribution in [0.1, 0.15) is 35.4 Å². The molecule has 12 heteroatoms. The summed E-state index contributed by atoms with van der Waals surface area (Å²) >= 11 is 12.7. The van der Waals surface area contributed by atoms with Crippen molar-refractivity contribution in [3.05, 3.63) is 119 Å². The first-order valence-electron chi connectivity index (χ1n) is 16.3. The summed E-state index contributed by atoms with van der Waals surface area (Å²) in [4.78, 5) is 43.0. The van der Waals surface area contributed by atoms with Crippen molar-refractivity contribution in [1.29, 1.82) is 0 Å². The third kappa shape index (κ3) is 6.51. The number of aromatic nitrogens is 4. The van der Waals surface area contributed by atoms with E-state index < -0.39 is 5.91 Å². The van der Waals surface area contributed by atoms with E-state index in [0.717, 1.165) is 27.9 Å². The largest absolute Gasteiger partial charge is 0.471 e. The Morgan fingerprint density at radius 2 is 1.74 bits per heavy atom. The number of hydrogen-bond acceptors (Lipinski definition) is 5. The number of aromatic amines is 1. The summed E-state index contributed by atoms with van der Waals surface area (Å²) in [5.41, 5.74) is 5.51. The molecule has 1 aliphatic heterocycles. The van der Waals surface area contributed by atoms with E-state index in [9.17, 15) is 9.59 Å². The molecule has 2 N–H and O–H groups in total. The van der Waals surface area contributed by atoms with Crippen molar-refractivity contribution in [1.82, 2.24) is 29.3 Å². The summed E-state index contributed by atoms with van der Waals surface area (Å²) in [6.45, 7) is 3.08. The lowest BCUT2D eigenvalue weighted by Gasteiger charge is -2.21. The molecule has 1 fully saturated rings. The topological polar surface area (TPSA) is 108 Å². The Bertz CT molecular complexity index is 2180. The molecule has 1 unspecified atom stereocenters. The maximum absolute atomic E-state index is 14.5. The second-order valence-corrected chi connectivity index (χ2v) is 13.3. The van der Waals surface area contributed by atoms with E-state index >= 15 is 0 Å². The van der Waals surface area contributed by atoms with Crippen molar-refractivity contribution in [2.24, 2.45) is 0 Å². The lowest BCUT2D eigenvalue weighted by atomic mass is 9.99. The van der Waals surface area contributed by atoms with Crippen LogP contribution < -0.4 is 10.1 Å². The molecule has 7 rings (SSSR count). The predicted octanol–water partition coefficient (Wildman–Crippen LogP) is 8.40. The number of carbonyl (C=O) groups excluding carboxylic acids is 2. The molecular weight excluding hydrogens is 673 g/mol. The van der Waals surface area contributed by atoms with Crippen molar-refractivity contribution in [3.63, 3.8) is 0 Å². The van der Waals surface area contributed by atoms with Crippen LogP contribution in [-0.4, -0.2) is 74.5 Å². The third-order valence-electron chi connectivity index (χ3n) is 8.93. The zero-order valence-electron chi connectivity index (χ0n) is 27.7.